The van der Waals surface area contributed by atoms with Gasteiger partial charge in [0.2, 0.25) is 0 Å². The van der Waals surface area contributed by atoms with Crippen molar-refractivity contribution in [2.75, 3.05) is 9.80 Å². The zero-order chi connectivity index (χ0) is 39.3. The first-order valence-corrected chi connectivity index (χ1v) is 17.5. The maximum Gasteiger partial charge on any atom is 0.346 e. The molecule has 2 N–H and O–H groups in total. The standard InChI is InChI=1S/C48H34N4O4/c1-50-46(48(55)56)17-9-11-36-20-28-43(29-21-36)52(41-15-6-3-7-16-41)45-32-24-38(25-33-45)37-22-30-44(31-23-37)51(40-13-4-2-5-14-40)42-26-18-35(19-27-42)10-8-12-39(34-49)47(53)54/h2-33H,(H,53,54)(H,55,56)/b10-8+,11-9?,39-12+,46-17?. The fourth-order valence-corrected chi connectivity index (χ4v) is 5.94. The molecule has 0 saturated carbocycles. The smallest absolute Gasteiger partial charge is 0.346 e. The van der Waals surface area contributed by atoms with Crippen molar-refractivity contribution in [2.24, 2.45) is 0 Å². The largest absolute Gasteiger partial charge is 0.486 e. The summed E-state index contributed by atoms with van der Waals surface area (Å²) in [7, 11) is 0. The van der Waals surface area contributed by atoms with Gasteiger partial charge in [0.05, 0.1) is 6.57 Å². The molecule has 0 aliphatic carbocycles. The van der Waals surface area contributed by atoms with Crippen LogP contribution in [-0.2, 0) is 9.59 Å². The van der Waals surface area contributed by atoms with Crippen molar-refractivity contribution >= 4 is 58.2 Å². The van der Waals surface area contributed by atoms with E-state index in [4.69, 9.17) is 22.0 Å². The number of nitriles is 1. The second kappa shape index (κ2) is 18.0. The van der Waals surface area contributed by atoms with Crippen molar-refractivity contribution in [3.8, 4) is 17.2 Å². The molecule has 0 radical (unpaired) electrons. The van der Waals surface area contributed by atoms with Crippen LogP contribution in [0, 0.1) is 17.9 Å². The predicted molar refractivity (Wildman–Crippen MR) is 223 cm³/mol. The molecule has 56 heavy (non-hydrogen) atoms. The van der Waals surface area contributed by atoms with Crippen molar-refractivity contribution in [1.29, 1.82) is 5.26 Å². The summed E-state index contributed by atoms with van der Waals surface area (Å²) in [4.78, 5) is 29.6. The van der Waals surface area contributed by atoms with Crippen LogP contribution >= 0.6 is 0 Å². The van der Waals surface area contributed by atoms with Gasteiger partial charge in [-0.1, -0.05) is 109 Å². The Morgan fingerprint density at radius 3 is 1.21 bits per heavy atom. The minimum Gasteiger partial charge on any atom is -0.486 e. The van der Waals surface area contributed by atoms with Crippen molar-refractivity contribution in [3.05, 3.63) is 216 Å². The summed E-state index contributed by atoms with van der Waals surface area (Å²) in [6.45, 7) is 7.01. The van der Waals surface area contributed by atoms with E-state index in [1.165, 1.54) is 12.2 Å². The minimum atomic E-state index is -1.26. The number of hydrogen-bond donors (Lipinski definition) is 2. The summed E-state index contributed by atoms with van der Waals surface area (Å²) in [5.74, 6) is -2.52. The fourth-order valence-electron chi connectivity index (χ4n) is 5.94. The first-order chi connectivity index (χ1) is 27.3. The molecule has 0 bridgehead atoms. The van der Waals surface area contributed by atoms with Gasteiger partial charge in [0.25, 0.3) is 5.70 Å². The van der Waals surface area contributed by atoms with Crippen LogP contribution in [-0.4, -0.2) is 22.2 Å². The molecular formula is C48H34N4O4. The number of nitrogens with zero attached hydrogens (tertiary/aromatic N) is 4. The van der Waals surface area contributed by atoms with E-state index in [0.717, 1.165) is 56.4 Å². The molecular weight excluding hydrogens is 697 g/mol. The minimum absolute atomic E-state index is 0.331. The van der Waals surface area contributed by atoms with Crippen LogP contribution in [0.25, 0.3) is 28.1 Å². The van der Waals surface area contributed by atoms with Crippen molar-refractivity contribution in [2.45, 2.75) is 0 Å². The number of benzene rings is 6. The number of hydrogen-bond acceptors (Lipinski definition) is 5. The van der Waals surface area contributed by atoms with Gasteiger partial charge in [-0.05, 0) is 107 Å². The van der Waals surface area contributed by atoms with Gasteiger partial charge in [-0.2, -0.15) is 5.26 Å². The average molecular weight is 731 g/mol. The van der Waals surface area contributed by atoms with Gasteiger partial charge >= 0.3 is 11.9 Å². The molecule has 6 aromatic carbocycles. The van der Waals surface area contributed by atoms with Gasteiger partial charge in [0, 0.05) is 34.1 Å². The predicted octanol–water partition coefficient (Wildman–Crippen LogP) is 11.7. The number of carboxylic acid groups (broad SMARTS) is 2. The Labute approximate surface area is 325 Å². The third-order valence-corrected chi connectivity index (χ3v) is 8.70. The molecule has 0 amide bonds. The lowest BCUT2D eigenvalue weighted by molar-refractivity contribution is -0.133. The first kappa shape index (κ1) is 37.6. The number of anilines is 6. The topological polar surface area (TPSA) is 109 Å². The van der Waals surface area contributed by atoms with Crippen LogP contribution in [0.1, 0.15) is 11.1 Å². The van der Waals surface area contributed by atoms with Gasteiger partial charge in [0.1, 0.15) is 11.6 Å². The number of carbonyl (C=O) groups is 2. The molecule has 6 aromatic rings. The van der Waals surface area contributed by atoms with Crippen molar-refractivity contribution < 1.29 is 19.8 Å². The second-order valence-corrected chi connectivity index (χ2v) is 12.3. The molecule has 8 heteroatoms. The highest BCUT2D eigenvalue weighted by Crippen LogP contribution is 2.38. The molecule has 0 aromatic heterocycles. The lowest BCUT2D eigenvalue weighted by atomic mass is 10.0. The fraction of sp³-hybridized carbons (Fsp3) is 0. The molecule has 0 aliphatic heterocycles. The number of rotatable bonds is 13. The normalized spacial score (nSPS) is 11.5. The number of aliphatic carboxylic acids is 2. The molecule has 0 fully saturated rings. The molecule has 0 atom stereocenters. The molecule has 6 rings (SSSR count). The first-order valence-electron chi connectivity index (χ1n) is 17.5. The van der Waals surface area contributed by atoms with Gasteiger partial charge in [-0.25, -0.2) is 9.64 Å². The number of para-hydroxylation sites is 2. The molecule has 0 unspecified atom stereocenters. The maximum atomic E-state index is 11.1. The van der Waals surface area contributed by atoms with Crippen molar-refractivity contribution in [1.82, 2.24) is 0 Å². The van der Waals surface area contributed by atoms with Crippen LogP contribution in [0.15, 0.2) is 193 Å². The number of carboxylic acids is 2. The Morgan fingerprint density at radius 1 is 0.518 bits per heavy atom. The van der Waals surface area contributed by atoms with Crippen LogP contribution in [0.2, 0.25) is 0 Å². The third-order valence-electron chi connectivity index (χ3n) is 8.70. The number of allylic oxidation sites excluding steroid dienone is 4. The SMILES string of the molecule is [C-]#[N+]C(=CC=Cc1ccc(N(c2ccccc2)c2ccc(-c3ccc(N(c4ccccc4)c4ccc(/C=C/C=C(\C#N)C(=O)O)cc4)cc3)cc2)cc1)C(=O)O. The van der Waals surface area contributed by atoms with E-state index >= 15 is 0 Å². The Hall–Kier alpha value is -8.20. The zero-order valence-corrected chi connectivity index (χ0v) is 30.0. The summed E-state index contributed by atoms with van der Waals surface area (Å²) < 4.78 is 0. The molecule has 8 nitrogen and oxygen atoms in total. The Bertz CT molecular complexity index is 2330. The van der Waals surface area contributed by atoms with Crippen LogP contribution in [0.4, 0.5) is 34.1 Å². The summed E-state index contributed by atoms with van der Waals surface area (Å²) in [6, 6.07) is 54.4. The Balaban J connectivity index is 1.24. The summed E-state index contributed by atoms with van der Waals surface area (Å²) in [5.41, 5.74) is 8.98. The van der Waals surface area contributed by atoms with E-state index in [0.29, 0.717) is 0 Å². The molecule has 0 spiro atoms. The van der Waals surface area contributed by atoms with Gasteiger partial charge in [-0.3, -0.25) is 4.79 Å². The second-order valence-electron chi connectivity index (χ2n) is 12.3. The molecule has 0 aliphatic rings. The summed E-state index contributed by atoms with van der Waals surface area (Å²) in [5, 5.41) is 27.2. The van der Waals surface area contributed by atoms with E-state index in [1.54, 1.807) is 30.4 Å². The maximum absolute atomic E-state index is 11.1. The Morgan fingerprint density at radius 2 is 0.875 bits per heavy atom. The van der Waals surface area contributed by atoms with Crippen LogP contribution in [0.3, 0.4) is 0 Å². The van der Waals surface area contributed by atoms with E-state index in [9.17, 15) is 9.59 Å². The highest BCUT2D eigenvalue weighted by atomic mass is 16.4. The third kappa shape index (κ3) is 9.23. The van der Waals surface area contributed by atoms with E-state index in [-0.39, 0.29) is 11.3 Å². The van der Waals surface area contributed by atoms with Gasteiger partial charge in [-0.15, -0.1) is 0 Å². The van der Waals surface area contributed by atoms with Gasteiger partial charge in [0.15, 0.2) is 0 Å². The summed E-state index contributed by atoms with van der Waals surface area (Å²) >= 11 is 0. The van der Waals surface area contributed by atoms with E-state index < -0.39 is 11.9 Å². The van der Waals surface area contributed by atoms with Crippen LogP contribution in [0.5, 0.6) is 0 Å². The Kier molecular flexibility index (Phi) is 12.1. The lowest BCUT2D eigenvalue weighted by Gasteiger charge is -2.26. The molecule has 0 saturated heterocycles. The molecule has 0 heterocycles. The average Bonchev–Trinajstić information content (AvgIpc) is 3.23. The highest BCUT2D eigenvalue weighted by molar-refractivity contribution is 5.91. The van der Waals surface area contributed by atoms with Crippen LogP contribution < -0.4 is 9.80 Å². The lowest BCUT2D eigenvalue weighted by Crippen LogP contribution is -2.10. The highest BCUT2D eigenvalue weighted by Gasteiger charge is 2.15. The quantitative estimate of drug-likeness (QED) is 0.0527. The van der Waals surface area contributed by atoms with Crippen molar-refractivity contribution in [3.63, 3.8) is 0 Å². The van der Waals surface area contributed by atoms with E-state index in [2.05, 4.69) is 87.4 Å². The monoisotopic (exact) mass is 730 g/mol. The zero-order valence-electron chi connectivity index (χ0n) is 30.0. The van der Waals surface area contributed by atoms with E-state index in [1.807, 2.05) is 84.9 Å². The summed E-state index contributed by atoms with van der Waals surface area (Å²) in [6.07, 6.45) is 9.20. The molecule has 270 valence electrons. The van der Waals surface area contributed by atoms with Gasteiger partial charge < -0.3 is 20.0 Å².